The summed E-state index contributed by atoms with van der Waals surface area (Å²) in [7, 11) is 0. The highest BCUT2D eigenvalue weighted by atomic mass is 127. The topological polar surface area (TPSA) is 77.0 Å². The highest BCUT2D eigenvalue weighted by Gasteiger charge is 2.23. The molecule has 0 radical (unpaired) electrons. The van der Waals surface area contributed by atoms with Crippen molar-refractivity contribution in [1.29, 1.82) is 0 Å². The zero-order valence-corrected chi connectivity index (χ0v) is 20.7. The van der Waals surface area contributed by atoms with E-state index in [1.165, 1.54) is 0 Å². The number of carbonyl (C=O) groups is 1. The second-order valence-corrected chi connectivity index (χ2v) is 8.28. The number of carbonyl (C=O) groups excluding carboxylic acids is 1. The van der Waals surface area contributed by atoms with Crippen LogP contribution < -0.4 is 15.5 Å². The average molecular weight is 542 g/mol. The van der Waals surface area contributed by atoms with E-state index < -0.39 is 5.60 Å². The van der Waals surface area contributed by atoms with Crippen LogP contribution in [0.4, 0.5) is 5.69 Å². The first kappa shape index (κ1) is 24.6. The van der Waals surface area contributed by atoms with E-state index in [-0.39, 0.29) is 29.9 Å². The Morgan fingerprint density at radius 1 is 1.23 bits per heavy atom. The van der Waals surface area contributed by atoms with Crippen molar-refractivity contribution in [1.82, 2.24) is 10.6 Å². The predicted molar refractivity (Wildman–Crippen MR) is 135 cm³/mol. The van der Waals surface area contributed by atoms with E-state index in [1.807, 2.05) is 52.9 Å². The number of benzene rings is 1. The van der Waals surface area contributed by atoms with Gasteiger partial charge in [0.05, 0.1) is 13.1 Å². The second-order valence-electron chi connectivity index (χ2n) is 7.50. The fourth-order valence-corrected chi connectivity index (χ4v) is 4.08. The first-order valence-electron chi connectivity index (χ1n) is 10.2. The van der Waals surface area contributed by atoms with Crippen LogP contribution in [-0.4, -0.2) is 36.6 Å². The van der Waals surface area contributed by atoms with Crippen LogP contribution in [0, 0.1) is 0 Å². The minimum Gasteiger partial charge on any atom is -0.384 e. The van der Waals surface area contributed by atoms with Gasteiger partial charge in [0.25, 0.3) is 0 Å². The van der Waals surface area contributed by atoms with Gasteiger partial charge in [0, 0.05) is 25.2 Å². The number of aliphatic hydroxyl groups is 1. The van der Waals surface area contributed by atoms with Crippen molar-refractivity contribution in [3.8, 4) is 0 Å². The average Bonchev–Trinajstić information content (AvgIpc) is 3.27. The molecule has 1 fully saturated rings. The van der Waals surface area contributed by atoms with Crippen LogP contribution in [0.25, 0.3) is 0 Å². The van der Waals surface area contributed by atoms with E-state index in [0.717, 1.165) is 42.7 Å². The van der Waals surface area contributed by atoms with Gasteiger partial charge in [-0.3, -0.25) is 4.79 Å². The molecule has 2 heterocycles. The number of aliphatic imine (C=N–C) groups is 1. The Balaban J connectivity index is 0.00000320. The summed E-state index contributed by atoms with van der Waals surface area (Å²) >= 11 is 1.57. The van der Waals surface area contributed by atoms with Crippen LogP contribution >= 0.6 is 35.3 Å². The van der Waals surface area contributed by atoms with Crippen LogP contribution in [0.3, 0.4) is 0 Å². The second kappa shape index (κ2) is 11.7. The van der Waals surface area contributed by atoms with Crippen molar-refractivity contribution < 1.29 is 9.90 Å². The van der Waals surface area contributed by atoms with Gasteiger partial charge in [-0.2, -0.15) is 11.3 Å². The van der Waals surface area contributed by atoms with Gasteiger partial charge in [0.2, 0.25) is 5.91 Å². The summed E-state index contributed by atoms with van der Waals surface area (Å²) in [5, 5.41) is 21.0. The summed E-state index contributed by atoms with van der Waals surface area (Å²) in [6.45, 7) is 6.23. The molecule has 0 bridgehead atoms. The maximum atomic E-state index is 12.1. The number of amides is 1. The summed E-state index contributed by atoms with van der Waals surface area (Å²) in [4.78, 5) is 18.6. The van der Waals surface area contributed by atoms with Gasteiger partial charge < -0.3 is 20.6 Å². The van der Waals surface area contributed by atoms with Gasteiger partial charge in [-0.25, -0.2) is 4.99 Å². The number of rotatable bonds is 7. The van der Waals surface area contributed by atoms with Crippen LogP contribution in [0.1, 0.15) is 44.2 Å². The molecule has 1 atom stereocenters. The third kappa shape index (κ3) is 6.68. The van der Waals surface area contributed by atoms with Crippen molar-refractivity contribution in [3.05, 3.63) is 52.2 Å². The fraction of sp³-hybridized carbons (Fsp3) is 0.455. The lowest BCUT2D eigenvalue weighted by Gasteiger charge is -2.26. The molecule has 1 aromatic heterocycles. The minimum absolute atomic E-state index is 0. The lowest BCUT2D eigenvalue weighted by atomic mass is 9.99. The van der Waals surface area contributed by atoms with Crippen LogP contribution in [0.15, 0.2) is 46.1 Å². The van der Waals surface area contributed by atoms with E-state index in [2.05, 4.69) is 15.6 Å². The first-order chi connectivity index (χ1) is 14.0. The number of anilines is 1. The molecule has 0 spiro atoms. The van der Waals surface area contributed by atoms with E-state index in [0.29, 0.717) is 25.5 Å². The Morgan fingerprint density at radius 3 is 2.63 bits per heavy atom. The van der Waals surface area contributed by atoms with Gasteiger partial charge in [-0.1, -0.05) is 12.1 Å². The molecular formula is C22H31IN4O2S. The molecule has 1 saturated heterocycles. The molecule has 3 rings (SSSR count). The number of guanidine groups is 1. The molecule has 1 unspecified atom stereocenters. The summed E-state index contributed by atoms with van der Waals surface area (Å²) in [5.74, 6) is 0.872. The number of nitrogens with zero attached hydrogens (tertiary/aromatic N) is 2. The fourth-order valence-electron chi connectivity index (χ4n) is 3.30. The van der Waals surface area contributed by atoms with Gasteiger partial charge in [-0.15, -0.1) is 24.0 Å². The third-order valence-electron chi connectivity index (χ3n) is 5.08. The standard InChI is InChI=1S/C22H30N4O2S.HI/c1-3-23-21(25-16-22(2,28)18-11-13-29-15-18)24-14-17-7-9-19(10-8-17)26-12-5-4-6-20(26)27;/h7-11,13,15,28H,3-6,12,14,16H2,1-2H3,(H2,23,24,25);1H. The molecule has 1 aliphatic rings. The molecule has 164 valence electrons. The Labute approximate surface area is 199 Å². The molecule has 0 saturated carbocycles. The molecule has 2 aromatic rings. The lowest BCUT2D eigenvalue weighted by Crippen LogP contribution is -2.44. The summed E-state index contributed by atoms with van der Waals surface area (Å²) in [5.41, 5.74) is 1.96. The molecule has 3 N–H and O–H groups in total. The first-order valence-corrected chi connectivity index (χ1v) is 11.1. The molecule has 1 aromatic carbocycles. The molecule has 6 nitrogen and oxygen atoms in total. The SMILES string of the molecule is CCNC(=NCc1ccc(N2CCCCC2=O)cc1)NCC(C)(O)c1ccsc1.I. The zero-order valence-electron chi connectivity index (χ0n) is 17.6. The quantitative estimate of drug-likeness (QED) is 0.282. The highest BCUT2D eigenvalue weighted by molar-refractivity contribution is 14.0. The number of hydrogen-bond donors (Lipinski definition) is 3. The monoisotopic (exact) mass is 542 g/mol. The number of nitrogens with one attached hydrogen (secondary N) is 2. The molecule has 8 heteroatoms. The normalized spacial score (nSPS) is 16.6. The van der Waals surface area contributed by atoms with Crippen molar-refractivity contribution in [2.75, 3.05) is 24.5 Å². The van der Waals surface area contributed by atoms with Crippen LogP contribution in [-0.2, 0) is 16.9 Å². The Morgan fingerprint density at radius 2 is 2.00 bits per heavy atom. The van der Waals surface area contributed by atoms with E-state index in [1.54, 1.807) is 18.3 Å². The molecule has 30 heavy (non-hydrogen) atoms. The number of halogens is 1. The summed E-state index contributed by atoms with van der Waals surface area (Å²) in [6.07, 6.45) is 2.69. The molecule has 1 amide bonds. The van der Waals surface area contributed by atoms with E-state index >= 15 is 0 Å². The lowest BCUT2D eigenvalue weighted by molar-refractivity contribution is -0.119. The Bertz CT molecular complexity index is 822. The minimum atomic E-state index is -0.960. The number of hydrogen-bond acceptors (Lipinski definition) is 4. The zero-order chi connectivity index (χ0) is 20.7. The van der Waals surface area contributed by atoms with Gasteiger partial charge >= 0.3 is 0 Å². The Kier molecular flexibility index (Phi) is 9.57. The van der Waals surface area contributed by atoms with Crippen molar-refractivity contribution in [3.63, 3.8) is 0 Å². The van der Waals surface area contributed by atoms with Crippen LogP contribution in [0.5, 0.6) is 0 Å². The van der Waals surface area contributed by atoms with Crippen molar-refractivity contribution >= 4 is 52.9 Å². The maximum Gasteiger partial charge on any atom is 0.226 e. The van der Waals surface area contributed by atoms with Gasteiger partial charge in [0.1, 0.15) is 5.60 Å². The summed E-state index contributed by atoms with van der Waals surface area (Å²) in [6, 6.07) is 9.97. The van der Waals surface area contributed by atoms with Gasteiger partial charge in [0.15, 0.2) is 5.96 Å². The molecule has 1 aliphatic heterocycles. The molecule has 0 aliphatic carbocycles. The predicted octanol–water partition coefficient (Wildman–Crippen LogP) is 3.85. The van der Waals surface area contributed by atoms with Crippen molar-refractivity contribution in [2.24, 2.45) is 4.99 Å². The third-order valence-corrected chi connectivity index (χ3v) is 5.76. The van der Waals surface area contributed by atoms with Crippen molar-refractivity contribution in [2.45, 2.75) is 45.3 Å². The maximum absolute atomic E-state index is 12.1. The highest BCUT2D eigenvalue weighted by Crippen LogP contribution is 2.23. The smallest absolute Gasteiger partial charge is 0.226 e. The molecular weight excluding hydrogens is 511 g/mol. The van der Waals surface area contributed by atoms with E-state index in [4.69, 9.17) is 0 Å². The van der Waals surface area contributed by atoms with Gasteiger partial charge in [-0.05, 0) is 66.8 Å². The number of thiophene rings is 1. The summed E-state index contributed by atoms with van der Waals surface area (Å²) < 4.78 is 0. The number of piperidine rings is 1. The largest absolute Gasteiger partial charge is 0.384 e. The van der Waals surface area contributed by atoms with E-state index in [9.17, 15) is 9.90 Å². The Hall–Kier alpha value is -1.65. The van der Waals surface area contributed by atoms with Crippen LogP contribution in [0.2, 0.25) is 0 Å².